The van der Waals surface area contributed by atoms with Crippen LogP contribution in [-0.2, 0) is 9.59 Å². The highest BCUT2D eigenvalue weighted by atomic mass is 16.5. The van der Waals surface area contributed by atoms with Gasteiger partial charge in [0.1, 0.15) is 6.54 Å². The number of benzene rings is 1. The van der Waals surface area contributed by atoms with E-state index in [4.69, 9.17) is 10.5 Å². The van der Waals surface area contributed by atoms with Gasteiger partial charge in [-0.05, 0) is 30.2 Å². The van der Waals surface area contributed by atoms with Gasteiger partial charge in [-0.1, -0.05) is 19.9 Å². The molecule has 2 amide bonds. The molecule has 0 aliphatic carbocycles. The Balaban J connectivity index is 1.92. The molecule has 27 heavy (non-hydrogen) atoms. The van der Waals surface area contributed by atoms with Crippen LogP contribution >= 0.6 is 0 Å². The molecule has 1 aliphatic rings. The van der Waals surface area contributed by atoms with Crippen LogP contribution in [0.15, 0.2) is 48.4 Å². The molecule has 1 aromatic heterocycles. The zero-order chi connectivity index (χ0) is 19.4. The summed E-state index contributed by atoms with van der Waals surface area (Å²) in [6, 6.07) is 10.3. The van der Waals surface area contributed by atoms with Crippen LogP contribution in [0.25, 0.3) is 6.08 Å². The summed E-state index contributed by atoms with van der Waals surface area (Å²) in [7, 11) is 0. The Hall–Kier alpha value is -3.35. The third-order valence-electron chi connectivity index (χ3n) is 3.93. The van der Waals surface area contributed by atoms with Crippen LogP contribution in [-0.4, -0.2) is 29.9 Å². The molecule has 1 aromatic carbocycles. The standard InChI is InChI=1S/C20H22N4O3/c1-13(2)11-23-19(25)12-24-16-7-6-14(21)9-17(16)27-18(20(24)26)10-15-5-3-4-8-22-15/h3-10,13H,11-12,21H2,1-2H3,(H,23,25)/b18-10+. The van der Waals surface area contributed by atoms with E-state index in [1.807, 2.05) is 19.9 Å². The Labute approximate surface area is 157 Å². The van der Waals surface area contributed by atoms with Crippen LogP contribution in [0.4, 0.5) is 11.4 Å². The molecule has 0 saturated heterocycles. The molecule has 3 rings (SSSR count). The lowest BCUT2D eigenvalue weighted by Crippen LogP contribution is -2.44. The highest BCUT2D eigenvalue weighted by Crippen LogP contribution is 2.37. The Bertz CT molecular complexity index is 878. The number of hydrogen-bond donors (Lipinski definition) is 2. The monoisotopic (exact) mass is 366 g/mol. The summed E-state index contributed by atoms with van der Waals surface area (Å²) in [5.74, 6) is 0.189. The van der Waals surface area contributed by atoms with Gasteiger partial charge >= 0.3 is 0 Å². The van der Waals surface area contributed by atoms with Crippen LogP contribution in [0.5, 0.6) is 5.75 Å². The number of ether oxygens (including phenoxy) is 1. The number of aromatic nitrogens is 1. The Morgan fingerprint density at radius 1 is 1.33 bits per heavy atom. The van der Waals surface area contributed by atoms with E-state index in [0.717, 1.165) is 0 Å². The summed E-state index contributed by atoms with van der Waals surface area (Å²) in [6.07, 6.45) is 3.18. The molecule has 0 unspecified atom stereocenters. The molecule has 7 nitrogen and oxygen atoms in total. The summed E-state index contributed by atoms with van der Waals surface area (Å²) < 4.78 is 5.76. The van der Waals surface area contributed by atoms with E-state index in [2.05, 4.69) is 10.3 Å². The number of amides is 2. The van der Waals surface area contributed by atoms with Crippen LogP contribution in [0.1, 0.15) is 19.5 Å². The van der Waals surface area contributed by atoms with Crippen LogP contribution < -0.4 is 20.7 Å². The fourth-order valence-corrected chi connectivity index (χ4v) is 2.60. The SMILES string of the molecule is CC(C)CNC(=O)CN1C(=O)/C(=C\c2ccccn2)Oc2cc(N)ccc21. The first-order valence-corrected chi connectivity index (χ1v) is 8.72. The van der Waals surface area contributed by atoms with E-state index in [-0.39, 0.29) is 18.2 Å². The quantitative estimate of drug-likeness (QED) is 0.624. The number of nitrogens with zero attached hydrogens (tertiary/aromatic N) is 2. The number of carbonyl (C=O) groups excluding carboxylic acids is 2. The van der Waals surface area contributed by atoms with E-state index in [1.165, 1.54) is 4.90 Å². The maximum Gasteiger partial charge on any atom is 0.294 e. The van der Waals surface area contributed by atoms with E-state index in [0.29, 0.717) is 35.3 Å². The second-order valence-corrected chi connectivity index (χ2v) is 6.68. The minimum absolute atomic E-state index is 0.0865. The summed E-state index contributed by atoms with van der Waals surface area (Å²) in [5.41, 5.74) is 7.44. The number of rotatable bonds is 5. The normalized spacial score (nSPS) is 14.9. The molecule has 0 fully saturated rings. The predicted octanol–water partition coefficient (Wildman–Crippen LogP) is 2.20. The van der Waals surface area contributed by atoms with E-state index in [1.54, 1.807) is 42.6 Å². The lowest BCUT2D eigenvalue weighted by molar-refractivity contribution is -0.123. The molecule has 3 N–H and O–H groups in total. The maximum absolute atomic E-state index is 12.9. The van der Waals surface area contributed by atoms with Gasteiger partial charge in [-0.15, -0.1) is 0 Å². The van der Waals surface area contributed by atoms with Gasteiger partial charge in [0.25, 0.3) is 5.91 Å². The first kappa shape index (κ1) is 18.4. The molecular formula is C20H22N4O3. The maximum atomic E-state index is 12.9. The molecule has 2 aromatic rings. The second-order valence-electron chi connectivity index (χ2n) is 6.68. The second kappa shape index (κ2) is 7.90. The number of nitrogen functional groups attached to an aromatic ring is 1. The highest BCUT2D eigenvalue weighted by molar-refractivity contribution is 6.12. The zero-order valence-electron chi connectivity index (χ0n) is 15.3. The van der Waals surface area contributed by atoms with Crippen molar-refractivity contribution in [1.29, 1.82) is 0 Å². The van der Waals surface area contributed by atoms with Crippen LogP contribution in [0.2, 0.25) is 0 Å². The lowest BCUT2D eigenvalue weighted by Gasteiger charge is -2.30. The van der Waals surface area contributed by atoms with Crippen molar-refractivity contribution in [1.82, 2.24) is 10.3 Å². The van der Waals surface area contributed by atoms with Gasteiger partial charge in [-0.3, -0.25) is 19.5 Å². The van der Waals surface area contributed by atoms with Crippen molar-refractivity contribution in [3.63, 3.8) is 0 Å². The van der Waals surface area contributed by atoms with E-state index in [9.17, 15) is 9.59 Å². The van der Waals surface area contributed by atoms with Crippen molar-refractivity contribution in [3.05, 3.63) is 54.0 Å². The number of anilines is 2. The largest absolute Gasteiger partial charge is 0.449 e. The van der Waals surface area contributed by atoms with Crippen molar-refractivity contribution in [2.24, 2.45) is 5.92 Å². The van der Waals surface area contributed by atoms with Crippen molar-refractivity contribution in [2.75, 3.05) is 23.7 Å². The lowest BCUT2D eigenvalue weighted by atomic mass is 10.1. The van der Waals surface area contributed by atoms with Gasteiger partial charge in [0, 0.05) is 30.6 Å². The fourth-order valence-electron chi connectivity index (χ4n) is 2.60. The highest BCUT2D eigenvalue weighted by Gasteiger charge is 2.32. The van der Waals surface area contributed by atoms with Gasteiger partial charge in [-0.25, -0.2) is 0 Å². The minimum atomic E-state index is -0.405. The number of carbonyl (C=O) groups is 2. The van der Waals surface area contributed by atoms with E-state index >= 15 is 0 Å². The summed E-state index contributed by atoms with van der Waals surface area (Å²) >= 11 is 0. The molecule has 0 radical (unpaired) electrons. The third-order valence-corrected chi connectivity index (χ3v) is 3.93. The van der Waals surface area contributed by atoms with Gasteiger partial charge in [0.2, 0.25) is 5.91 Å². The number of fused-ring (bicyclic) bond motifs is 1. The topological polar surface area (TPSA) is 97.5 Å². The van der Waals surface area contributed by atoms with E-state index < -0.39 is 5.91 Å². The molecular weight excluding hydrogens is 344 g/mol. The van der Waals surface area contributed by atoms with Gasteiger partial charge in [0.15, 0.2) is 11.5 Å². The summed E-state index contributed by atoms with van der Waals surface area (Å²) in [5, 5.41) is 2.83. The molecule has 0 atom stereocenters. The summed E-state index contributed by atoms with van der Waals surface area (Å²) in [6.45, 7) is 4.45. The molecule has 2 heterocycles. The average Bonchev–Trinajstić information content (AvgIpc) is 2.64. The van der Waals surface area contributed by atoms with Crippen LogP contribution in [0, 0.1) is 5.92 Å². The summed E-state index contributed by atoms with van der Waals surface area (Å²) in [4.78, 5) is 30.8. The van der Waals surface area contributed by atoms with Crippen molar-refractivity contribution >= 4 is 29.3 Å². The van der Waals surface area contributed by atoms with Crippen molar-refractivity contribution in [3.8, 4) is 5.75 Å². The van der Waals surface area contributed by atoms with Gasteiger partial charge in [0.05, 0.1) is 11.4 Å². The minimum Gasteiger partial charge on any atom is -0.449 e. The Morgan fingerprint density at radius 3 is 2.85 bits per heavy atom. The molecule has 0 bridgehead atoms. The molecule has 1 aliphatic heterocycles. The zero-order valence-corrected chi connectivity index (χ0v) is 15.3. The van der Waals surface area contributed by atoms with Crippen molar-refractivity contribution in [2.45, 2.75) is 13.8 Å². The van der Waals surface area contributed by atoms with Crippen molar-refractivity contribution < 1.29 is 14.3 Å². The predicted molar refractivity (Wildman–Crippen MR) is 104 cm³/mol. The van der Waals surface area contributed by atoms with Crippen LogP contribution in [0.3, 0.4) is 0 Å². The van der Waals surface area contributed by atoms with Gasteiger partial charge < -0.3 is 15.8 Å². The first-order valence-electron chi connectivity index (χ1n) is 8.72. The molecule has 140 valence electrons. The third kappa shape index (κ3) is 4.44. The number of pyridine rings is 1. The molecule has 7 heteroatoms. The number of nitrogens with one attached hydrogen (secondary N) is 1. The first-order chi connectivity index (χ1) is 12.9. The number of nitrogens with two attached hydrogens (primary N) is 1. The Kier molecular flexibility index (Phi) is 5.40. The fraction of sp³-hybridized carbons (Fsp3) is 0.250. The molecule has 0 spiro atoms. The average molecular weight is 366 g/mol. The number of hydrogen-bond acceptors (Lipinski definition) is 5. The Morgan fingerprint density at radius 2 is 2.15 bits per heavy atom. The smallest absolute Gasteiger partial charge is 0.294 e. The molecule has 0 saturated carbocycles. The van der Waals surface area contributed by atoms with Gasteiger partial charge in [-0.2, -0.15) is 0 Å².